The molecule has 1 heterocycles. The van der Waals surface area contributed by atoms with Gasteiger partial charge in [0.05, 0.1) is 24.8 Å². The standard InChI is InChI=1S/C22H33NO6Si/c1-7-28-20(25)19-17(15-8-10-16(24)11-9-15)12-13-23(21(26)27)18(19)14-29-30(5,6)22(2,3)4/h8-11,18,24H,7,12-14H2,1-6H3,(H,26,27). The van der Waals surface area contributed by atoms with Gasteiger partial charge in [-0.25, -0.2) is 9.59 Å². The molecule has 1 aliphatic heterocycles. The highest BCUT2D eigenvalue weighted by Crippen LogP contribution is 2.38. The molecule has 2 N–H and O–H groups in total. The molecule has 0 spiro atoms. The average molecular weight is 436 g/mol. The Balaban J connectivity index is 2.54. The van der Waals surface area contributed by atoms with Crippen LogP contribution in [0.1, 0.15) is 39.7 Å². The highest BCUT2D eigenvalue weighted by Gasteiger charge is 2.42. The third-order valence-electron chi connectivity index (χ3n) is 6.00. The molecule has 0 saturated heterocycles. The number of phenolic OH excluding ortho intramolecular Hbond substituents is 1. The summed E-state index contributed by atoms with van der Waals surface area (Å²) in [6, 6.07) is 5.80. The molecule has 2 rings (SSSR count). The normalized spacial score (nSPS) is 17.8. The quantitative estimate of drug-likeness (QED) is 0.505. The summed E-state index contributed by atoms with van der Waals surface area (Å²) < 4.78 is 11.6. The zero-order chi connectivity index (χ0) is 22.7. The fourth-order valence-corrected chi connectivity index (χ4v) is 4.22. The molecule has 0 bridgehead atoms. The summed E-state index contributed by atoms with van der Waals surface area (Å²) in [5.41, 5.74) is 1.81. The first-order chi connectivity index (χ1) is 13.9. The van der Waals surface area contributed by atoms with Gasteiger partial charge in [0.25, 0.3) is 0 Å². The SMILES string of the molecule is CCOC(=O)C1=C(c2ccc(O)cc2)CCN(C(=O)O)C1CO[Si](C)(C)C(C)(C)C. The summed E-state index contributed by atoms with van der Waals surface area (Å²) in [5, 5.41) is 19.4. The number of nitrogens with zero attached hydrogens (tertiary/aromatic N) is 1. The molecule has 7 nitrogen and oxygen atoms in total. The second kappa shape index (κ2) is 9.22. The van der Waals surface area contributed by atoms with Crippen LogP contribution in [0.15, 0.2) is 29.8 Å². The molecule has 1 aliphatic rings. The number of benzene rings is 1. The fraction of sp³-hybridized carbons (Fsp3) is 0.545. The summed E-state index contributed by atoms with van der Waals surface area (Å²) in [5.74, 6) is -0.409. The van der Waals surface area contributed by atoms with E-state index in [4.69, 9.17) is 9.16 Å². The molecule has 1 aromatic rings. The number of esters is 1. The van der Waals surface area contributed by atoms with Crippen LogP contribution in [0.2, 0.25) is 18.1 Å². The molecule has 1 unspecified atom stereocenters. The van der Waals surface area contributed by atoms with E-state index in [0.717, 1.165) is 11.1 Å². The molecular weight excluding hydrogens is 402 g/mol. The van der Waals surface area contributed by atoms with Gasteiger partial charge in [-0.15, -0.1) is 0 Å². The van der Waals surface area contributed by atoms with Crippen LogP contribution in [0, 0.1) is 0 Å². The van der Waals surface area contributed by atoms with Crippen LogP contribution in [-0.2, 0) is 14.0 Å². The van der Waals surface area contributed by atoms with Crippen molar-refractivity contribution in [3.8, 4) is 5.75 Å². The third-order valence-corrected chi connectivity index (χ3v) is 10.5. The lowest BCUT2D eigenvalue weighted by Gasteiger charge is -2.41. The van der Waals surface area contributed by atoms with Crippen molar-refractivity contribution in [1.82, 2.24) is 4.90 Å². The Morgan fingerprint density at radius 2 is 1.80 bits per heavy atom. The maximum Gasteiger partial charge on any atom is 0.407 e. The van der Waals surface area contributed by atoms with Crippen molar-refractivity contribution in [2.45, 2.75) is 58.3 Å². The van der Waals surface area contributed by atoms with E-state index < -0.39 is 26.4 Å². The van der Waals surface area contributed by atoms with Gasteiger partial charge in [0.15, 0.2) is 8.32 Å². The zero-order valence-electron chi connectivity index (χ0n) is 18.7. The second-order valence-corrected chi connectivity index (χ2v) is 13.8. The molecule has 1 aromatic carbocycles. The Labute approximate surface area is 179 Å². The molecule has 0 aliphatic carbocycles. The van der Waals surface area contributed by atoms with Crippen molar-refractivity contribution in [3.05, 3.63) is 35.4 Å². The summed E-state index contributed by atoms with van der Waals surface area (Å²) in [4.78, 5) is 26.2. The minimum absolute atomic E-state index is 0.0523. The van der Waals surface area contributed by atoms with E-state index in [1.807, 2.05) is 0 Å². The van der Waals surface area contributed by atoms with E-state index in [2.05, 4.69) is 33.9 Å². The van der Waals surface area contributed by atoms with Gasteiger partial charge in [-0.2, -0.15) is 0 Å². The summed E-state index contributed by atoms with van der Waals surface area (Å²) in [6.07, 6.45) is -0.715. The molecular formula is C22H33NO6Si. The lowest BCUT2D eigenvalue weighted by atomic mass is 9.88. The number of carboxylic acid groups (broad SMARTS) is 1. The average Bonchev–Trinajstić information content (AvgIpc) is 2.65. The summed E-state index contributed by atoms with van der Waals surface area (Å²) >= 11 is 0. The van der Waals surface area contributed by atoms with E-state index in [-0.39, 0.29) is 30.5 Å². The van der Waals surface area contributed by atoms with Crippen LogP contribution in [0.25, 0.3) is 5.57 Å². The van der Waals surface area contributed by atoms with Crippen LogP contribution < -0.4 is 0 Å². The molecule has 166 valence electrons. The van der Waals surface area contributed by atoms with Crippen LogP contribution >= 0.6 is 0 Å². The van der Waals surface area contributed by atoms with E-state index in [9.17, 15) is 19.8 Å². The molecule has 1 atom stereocenters. The van der Waals surface area contributed by atoms with Crippen LogP contribution in [-0.4, -0.2) is 61.3 Å². The zero-order valence-corrected chi connectivity index (χ0v) is 19.7. The van der Waals surface area contributed by atoms with Crippen molar-refractivity contribution in [3.63, 3.8) is 0 Å². The predicted molar refractivity (Wildman–Crippen MR) is 118 cm³/mol. The number of rotatable bonds is 6. The fourth-order valence-electron chi connectivity index (χ4n) is 3.22. The number of phenols is 1. The molecule has 0 radical (unpaired) electrons. The highest BCUT2D eigenvalue weighted by molar-refractivity contribution is 6.74. The topological polar surface area (TPSA) is 96.3 Å². The molecule has 8 heteroatoms. The van der Waals surface area contributed by atoms with Crippen molar-refractivity contribution < 1.29 is 29.0 Å². The number of hydrogen-bond donors (Lipinski definition) is 2. The third kappa shape index (κ3) is 5.23. The Bertz CT molecular complexity index is 810. The van der Waals surface area contributed by atoms with Gasteiger partial charge in [0, 0.05) is 6.54 Å². The van der Waals surface area contributed by atoms with Crippen LogP contribution in [0.5, 0.6) is 5.75 Å². The maximum absolute atomic E-state index is 13.0. The van der Waals surface area contributed by atoms with E-state index in [1.165, 1.54) is 4.90 Å². The Morgan fingerprint density at radius 1 is 1.20 bits per heavy atom. The molecule has 0 fully saturated rings. The Morgan fingerprint density at radius 3 is 2.30 bits per heavy atom. The number of ether oxygens (including phenoxy) is 1. The van der Waals surface area contributed by atoms with Crippen LogP contribution in [0.3, 0.4) is 0 Å². The van der Waals surface area contributed by atoms with Gasteiger partial charge in [-0.3, -0.25) is 4.90 Å². The number of carbonyl (C=O) groups is 2. The van der Waals surface area contributed by atoms with Crippen LogP contribution in [0.4, 0.5) is 4.79 Å². The first-order valence-corrected chi connectivity index (χ1v) is 13.1. The van der Waals surface area contributed by atoms with E-state index in [0.29, 0.717) is 12.0 Å². The van der Waals surface area contributed by atoms with E-state index >= 15 is 0 Å². The monoisotopic (exact) mass is 435 g/mol. The Kier molecular flexibility index (Phi) is 7.36. The first kappa shape index (κ1) is 24.0. The second-order valence-electron chi connectivity index (χ2n) is 8.97. The number of carbonyl (C=O) groups excluding carboxylic acids is 1. The van der Waals surface area contributed by atoms with Gasteiger partial charge in [0.2, 0.25) is 0 Å². The van der Waals surface area contributed by atoms with E-state index in [1.54, 1.807) is 31.2 Å². The number of aromatic hydroxyl groups is 1. The Hall–Kier alpha value is -2.32. The minimum atomic E-state index is -2.17. The van der Waals surface area contributed by atoms with Gasteiger partial charge in [0.1, 0.15) is 5.75 Å². The van der Waals surface area contributed by atoms with Gasteiger partial charge >= 0.3 is 12.1 Å². The molecule has 0 aromatic heterocycles. The van der Waals surface area contributed by atoms with Gasteiger partial charge < -0.3 is 19.4 Å². The predicted octanol–water partition coefficient (Wildman–Crippen LogP) is 4.48. The van der Waals surface area contributed by atoms with Crippen molar-refractivity contribution in [2.75, 3.05) is 19.8 Å². The van der Waals surface area contributed by atoms with Gasteiger partial charge in [-0.1, -0.05) is 32.9 Å². The first-order valence-electron chi connectivity index (χ1n) is 10.2. The van der Waals surface area contributed by atoms with Gasteiger partial charge in [-0.05, 0) is 54.7 Å². The largest absolute Gasteiger partial charge is 0.508 e. The van der Waals surface area contributed by atoms with Crippen molar-refractivity contribution in [1.29, 1.82) is 0 Å². The highest BCUT2D eigenvalue weighted by atomic mass is 28.4. The maximum atomic E-state index is 13.0. The number of hydrogen-bond acceptors (Lipinski definition) is 5. The number of amides is 1. The lowest BCUT2D eigenvalue weighted by molar-refractivity contribution is -0.139. The smallest absolute Gasteiger partial charge is 0.407 e. The summed E-state index contributed by atoms with van der Waals surface area (Å²) in [7, 11) is -2.17. The lowest BCUT2D eigenvalue weighted by Crippen LogP contribution is -2.51. The van der Waals surface area contributed by atoms with Crippen molar-refractivity contribution >= 4 is 26.0 Å². The molecule has 1 amide bonds. The van der Waals surface area contributed by atoms with Crippen molar-refractivity contribution in [2.24, 2.45) is 0 Å². The molecule has 0 saturated carbocycles. The minimum Gasteiger partial charge on any atom is -0.508 e. The summed E-state index contributed by atoms with van der Waals surface area (Å²) in [6.45, 7) is 12.8. The molecule has 30 heavy (non-hydrogen) atoms.